The summed E-state index contributed by atoms with van der Waals surface area (Å²) < 4.78 is 32.5. The fourth-order valence-corrected chi connectivity index (χ4v) is 6.00. The summed E-state index contributed by atoms with van der Waals surface area (Å²) in [4.78, 5) is 14.8. The maximum Gasteiger partial charge on any atom is 0.223 e. The van der Waals surface area contributed by atoms with Crippen LogP contribution in [0.15, 0.2) is 24.3 Å². The highest BCUT2D eigenvalue weighted by atomic mass is 32.2. The third kappa shape index (κ3) is 3.79. The molecule has 6 nitrogen and oxygen atoms in total. The number of benzene rings is 1. The van der Waals surface area contributed by atoms with Crippen LogP contribution in [0.1, 0.15) is 56.9 Å². The maximum absolute atomic E-state index is 12.8. The van der Waals surface area contributed by atoms with Crippen LogP contribution in [0.5, 0.6) is 5.75 Å². The summed E-state index contributed by atoms with van der Waals surface area (Å²) in [5.74, 6) is 1.36. The molecule has 1 amide bonds. The molecule has 0 aromatic heterocycles. The van der Waals surface area contributed by atoms with Crippen LogP contribution in [0.4, 0.5) is 0 Å². The van der Waals surface area contributed by atoms with Crippen molar-refractivity contribution in [3.8, 4) is 5.75 Å². The van der Waals surface area contributed by atoms with E-state index in [1.54, 1.807) is 11.2 Å². The van der Waals surface area contributed by atoms with Crippen LogP contribution in [0, 0.1) is 0 Å². The molecule has 0 bridgehead atoms. The van der Waals surface area contributed by atoms with Crippen molar-refractivity contribution in [1.29, 1.82) is 0 Å². The average molecular weight is 407 g/mol. The highest BCUT2D eigenvalue weighted by Crippen LogP contribution is 2.47. The van der Waals surface area contributed by atoms with E-state index >= 15 is 0 Å². The molecular formula is C21H30N2O4S. The molecule has 1 aromatic carbocycles. The molecule has 2 saturated heterocycles. The van der Waals surface area contributed by atoms with Crippen LogP contribution in [-0.4, -0.2) is 61.1 Å². The molecule has 0 saturated carbocycles. The summed E-state index contributed by atoms with van der Waals surface area (Å²) in [5, 5.41) is 0. The third-order valence-electron chi connectivity index (χ3n) is 6.58. The molecule has 7 heteroatoms. The van der Waals surface area contributed by atoms with Gasteiger partial charge < -0.3 is 9.64 Å². The van der Waals surface area contributed by atoms with Gasteiger partial charge in [-0.15, -0.1) is 0 Å². The summed E-state index contributed by atoms with van der Waals surface area (Å²) in [6.07, 6.45) is 4.84. The topological polar surface area (TPSA) is 66.9 Å². The van der Waals surface area contributed by atoms with E-state index in [1.807, 2.05) is 23.1 Å². The summed E-state index contributed by atoms with van der Waals surface area (Å²) >= 11 is 0. The van der Waals surface area contributed by atoms with E-state index in [4.69, 9.17) is 4.74 Å². The van der Waals surface area contributed by atoms with Crippen LogP contribution < -0.4 is 4.74 Å². The van der Waals surface area contributed by atoms with E-state index in [-0.39, 0.29) is 23.2 Å². The minimum atomic E-state index is -3.16. The van der Waals surface area contributed by atoms with E-state index in [0.29, 0.717) is 32.4 Å². The fraction of sp³-hybridized carbons (Fsp3) is 0.667. The number of nitrogens with zero attached hydrogens (tertiary/aromatic N) is 2. The highest BCUT2D eigenvalue weighted by molar-refractivity contribution is 7.89. The second-order valence-electron chi connectivity index (χ2n) is 8.32. The first-order chi connectivity index (χ1) is 13.4. The van der Waals surface area contributed by atoms with Crippen LogP contribution in [0.2, 0.25) is 0 Å². The number of carbonyl (C=O) groups is 1. The Morgan fingerprint density at radius 2 is 1.82 bits per heavy atom. The third-order valence-corrected chi connectivity index (χ3v) is 8.46. The molecule has 1 aromatic rings. The van der Waals surface area contributed by atoms with Crippen LogP contribution in [-0.2, 0) is 14.8 Å². The zero-order valence-corrected chi connectivity index (χ0v) is 17.4. The normalized spacial score (nSPS) is 24.8. The number of fused-ring (bicyclic) bond motifs is 1. The molecular weight excluding hydrogens is 376 g/mol. The van der Waals surface area contributed by atoms with Gasteiger partial charge in [-0.3, -0.25) is 4.79 Å². The van der Waals surface area contributed by atoms with Crippen molar-refractivity contribution < 1.29 is 17.9 Å². The Labute approximate surface area is 167 Å². The smallest absolute Gasteiger partial charge is 0.223 e. The number of para-hydroxylation sites is 1. The van der Waals surface area contributed by atoms with Gasteiger partial charge in [0.25, 0.3) is 0 Å². The monoisotopic (exact) mass is 406 g/mol. The maximum atomic E-state index is 12.8. The number of sulfonamides is 1. The van der Waals surface area contributed by atoms with E-state index < -0.39 is 10.0 Å². The molecule has 3 heterocycles. The average Bonchev–Trinajstić information content (AvgIpc) is 3.23. The van der Waals surface area contributed by atoms with Gasteiger partial charge in [-0.1, -0.05) is 18.2 Å². The molecule has 3 aliphatic heterocycles. The van der Waals surface area contributed by atoms with Crippen molar-refractivity contribution in [2.45, 2.75) is 57.0 Å². The number of ether oxygens (including phenoxy) is 1. The van der Waals surface area contributed by atoms with Crippen LogP contribution in [0.25, 0.3) is 0 Å². The molecule has 0 aliphatic carbocycles. The number of amides is 1. The number of hydrogen-bond acceptors (Lipinski definition) is 4. The lowest BCUT2D eigenvalue weighted by Crippen LogP contribution is -2.52. The molecule has 0 N–H and O–H groups in total. The summed E-state index contributed by atoms with van der Waals surface area (Å²) in [5.41, 5.74) is 0.744. The zero-order valence-electron chi connectivity index (χ0n) is 16.6. The van der Waals surface area contributed by atoms with Gasteiger partial charge in [0.15, 0.2) is 0 Å². The zero-order chi connectivity index (χ0) is 19.8. The van der Waals surface area contributed by atoms with Gasteiger partial charge >= 0.3 is 0 Å². The van der Waals surface area contributed by atoms with Gasteiger partial charge in [0.1, 0.15) is 11.4 Å². The van der Waals surface area contributed by atoms with E-state index in [0.717, 1.165) is 43.7 Å². The van der Waals surface area contributed by atoms with E-state index in [9.17, 15) is 13.2 Å². The molecule has 0 radical (unpaired) electrons. The first-order valence-electron chi connectivity index (χ1n) is 10.5. The predicted molar refractivity (Wildman–Crippen MR) is 108 cm³/mol. The van der Waals surface area contributed by atoms with Gasteiger partial charge in [0.2, 0.25) is 15.9 Å². The Balaban J connectivity index is 1.53. The quantitative estimate of drug-likeness (QED) is 0.771. The van der Waals surface area contributed by atoms with Crippen LogP contribution in [0.3, 0.4) is 0 Å². The largest absolute Gasteiger partial charge is 0.487 e. The van der Waals surface area contributed by atoms with Crippen LogP contribution >= 0.6 is 0 Å². The first kappa shape index (κ1) is 19.7. The SMILES string of the molecule is CCS(=O)(=O)N1CCC2(CC1)CC(CC(=O)N1CCCC1)c1ccccc1O2. The number of rotatable bonds is 4. The van der Waals surface area contributed by atoms with Gasteiger partial charge in [-0.05, 0) is 37.8 Å². The Morgan fingerprint density at radius 1 is 1.14 bits per heavy atom. The Hall–Kier alpha value is -1.60. The van der Waals surface area contributed by atoms with Crippen molar-refractivity contribution in [3.05, 3.63) is 29.8 Å². The summed E-state index contributed by atoms with van der Waals surface area (Å²) in [7, 11) is -3.16. The first-order valence-corrected chi connectivity index (χ1v) is 12.1. The molecule has 28 heavy (non-hydrogen) atoms. The van der Waals surface area contributed by atoms with E-state index in [1.165, 1.54) is 0 Å². The summed E-state index contributed by atoms with van der Waals surface area (Å²) in [6, 6.07) is 8.03. The number of piperidine rings is 1. The standard InChI is InChI=1S/C21H30N2O4S/c1-2-28(25,26)23-13-9-21(10-14-23)16-17(15-20(24)22-11-5-6-12-22)18-7-3-4-8-19(18)27-21/h3-4,7-8,17H,2,5-6,9-16H2,1H3. The number of hydrogen-bond donors (Lipinski definition) is 0. The molecule has 1 unspecified atom stereocenters. The second-order valence-corrected chi connectivity index (χ2v) is 10.6. The van der Waals surface area contributed by atoms with Gasteiger partial charge in [-0.2, -0.15) is 0 Å². The van der Waals surface area contributed by atoms with Gasteiger partial charge in [-0.25, -0.2) is 12.7 Å². The lowest BCUT2D eigenvalue weighted by molar-refractivity contribution is -0.131. The van der Waals surface area contributed by atoms with Crippen molar-refractivity contribution in [3.63, 3.8) is 0 Å². The number of carbonyl (C=O) groups excluding carboxylic acids is 1. The predicted octanol–water partition coefficient (Wildman–Crippen LogP) is 2.75. The minimum absolute atomic E-state index is 0.132. The van der Waals surface area contributed by atoms with Crippen molar-refractivity contribution in [2.75, 3.05) is 31.9 Å². The second kappa shape index (κ2) is 7.67. The van der Waals surface area contributed by atoms with Crippen molar-refractivity contribution in [2.24, 2.45) is 0 Å². The molecule has 1 atom stereocenters. The van der Waals surface area contributed by atoms with Gasteiger partial charge in [0, 0.05) is 51.4 Å². The highest BCUT2D eigenvalue weighted by Gasteiger charge is 2.45. The molecule has 1 spiro atoms. The lowest BCUT2D eigenvalue weighted by atomic mass is 9.76. The molecule has 4 rings (SSSR count). The van der Waals surface area contributed by atoms with Crippen molar-refractivity contribution in [1.82, 2.24) is 9.21 Å². The molecule has 154 valence electrons. The molecule has 2 fully saturated rings. The number of likely N-dealkylation sites (tertiary alicyclic amines) is 1. The van der Waals surface area contributed by atoms with Crippen molar-refractivity contribution >= 4 is 15.9 Å². The Morgan fingerprint density at radius 3 is 2.50 bits per heavy atom. The van der Waals surface area contributed by atoms with Gasteiger partial charge in [0.05, 0.1) is 5.75 Å². The fourth-order valence-electron chi connectivity index (χ4n) is 4.89. The Kier molecular flexibility index (Phi) is 5.40. The Bertz CT molecular complexity index is 825. The lowest BCUT2D eigenvalue weighted by Gasteiger charge is -2.46. The van der Waals surface area contributed by atoms with E-state index in [2.05, 4.69) is 6.07 Å². The summed E-state index contributed by atoms with van der Waals surface area (Å²) in [6.45, 7) is 4.42. The molecule has 3 aliphatic rings. The minimum Gasteiger partial charge on any atom is -0.487 e.